The number of nitrogens with two attached hydrogens (primary N) is 1. The standard InChI is InChI=1S/C17H26N2O/c1-5-11-19(14(2)3)13-15-8-9-17(20-4)16(12-15)7-6-10-18/h8-9,12,14H,5,10-11,13,18H2,1-4H3. The summed E-state index contributed by atoms with van der Waals surface area (Å²) in [6.07, 6.45) is 1.16. The second kappa shape index (κ2) is 8.63. The first-order chi connectivity index (χ1) is 9.62. The minimum absolute atomic E-state index is 0.362. The summed E-state index contributed by atoms with van der Waals surface area (Å²) < 4.78 is 5.34. The molecule has 1 aromatic carbocycles. The molecule has 0 aliphatic carbocycles. The van der Waals surface area contributed by atoms with Crippen LogP contribution in [-0.2, 0) is 6.54 Å². The van der Waals surface area contributed by atoms with E-state index in [0.717, 1.165) is 30.8 Å². The second-order valence-electron chi connectivity index (χ2n) is 5.10. The van der Waals surface area contributed by atoms with E-state index in [0.29, 0.717) is 12.6 Å². The van der Waals surface area contributed by atoms with Crippen molar-refractivity contribution in [2.24, 2.45) is 5.73 Å². The van der Waals surface area contributed by atoms with Crippen molar-refractivity contribution >= 4 is 0 Å². The van der Waals surface area contributed by atoms with Crippen molar-refractivity contribution in [3.63, 3.8) is 0 Å². The Kier molecular flexibility index (Phi) is 7.14. The topological polar surface area (TPSA) is 38.5 Å². The Morgan fingerprint density at radius 2 is 2.10 bits per heavy atom. The van der Waals surface area contributed by atoms with Crippen molar-refractivity contribution in [1.82, 2.24) is 4.90 Å². The van der Waals surface area contributed by atoms with Crippen molar-refractivity contribution in [2.45, 2.75) is 39.8 Å². The third kappa shape index (κ3) is 4.88. The summed E-state index contributed by atoms with van der Waals surface area (Å²) in [5.74, 6) is 6.78. The third-order valence-electron chi connectivity index (χ3n) is 3.22. The minimum atomic E-state index is 0.362. The highest BCUT2D eigenvalue weighted by Gasteiger charge is 2.10. The van der Waals surface area contributed by atoms with E-state index in [1.807, 2.05) is 6.07 Å². The molecule has 110 valence electrons. The van der Waals surface area contributed by atoms with Gasteiger partial charge in [-0.05, 0) is 44.5 Å². The Bertz CT molecular complexity index is 472. The van der Waals surface area contributed by atoms with Crippen LogP contribution in [0.15, 0.2) is 18.2 Å². The zero-order chi connectivity index (χ0) is 15.0. The van der Waals surface area contributed by atoms with Crippen molar-refractivity contribution in [1.29, 1.82) is 0 Å². The fraction of sp³-hybridized carbons (Fsp3) is 0.529. The average Bonchev–Trinajstić information content (AvgIpc) is 2.44. The maximum absolute atomic E-state index is 5.44. The fourth-order valence-corrected chi connectivity index (χ4v) is 2.14. The van der Waals surface area contributed by atoms with Crippen LogP contribution in [0.25, 0.3) is 0 Å². The molecule has 20 heavy (non-hydrogen) atoms. The van der Waals surface area contributed by atoms with Crippen LogP contribution in [-0.4, -0.2) is 31.1 Å². The van der Waals surface area contributed by atoms with Gasteiger partial charge in [-0.25, -0.2) is 0 Å². The van der Waals surface area contributed by atoms with E-state index in [2.05, 4.69) is 49.6 Å². The maximum Gasteiger partial charge on any atom is 0.134 e. The average molecular weight is 274 g/mol. The van der Waals surface area contributed by atoms with Gasteiger partial charge in [-0.2, -0.15) is 0 Å². The molecule has 0 spiro atoms. The molecular formula is C17H26N2O. The summed E-state index contributed by atoms with van der Waals surface area (Å²) in [5.41, 5.74) is 7.61. The van der Waals surface area contributed by atoms with Crippen LogP contribution in [0.1, 0.15) is 38.3 Å². The zero-order valence-electron chi connectivity index (χ0n) is 13.1. The molecule has 3 heteroatoms. The molecule has 0 aromatic heterocycles. The van der Waals surface area contributed by atoms with E-state index in [9.17, 15) is 0 Å². The van der Waals surface area contributed by atoms with Gasteiger partial charge in [0.05, 0.1) is 19.2 Å². The highest BCUT2D eigenvalue weighted by atomic mass is 16.5. The van der Waals surface area contributed by atoms with E-state index < -0.39 is 0 Å². The fourth-order valence-electron chi connectivity index (χ4n) is 2.14. The van der Waals surface area contributed by atoms with Gasteiger partial charge in [0.25, 0.3) is 0 Å². The van der Waals surface area contributed by atoms with Crippen molar-refractivity contribution in [3.8, 4) is 17.6 Å². The lowest BCUT2D eigenvalue weighted by molar-refractivity contribution is 0.213. The number of nitrogens with zero attached hydrogens (tertiary/aromatic N) is 1. The summed E-state index contributed by atoms with van der Waals surface area (Å²) in [7, 11) is 1.67. The normalized spacial score (nSPS) is 10.6. The number of methoxy groups -OCH3 is 1. The quantitative estimate of drug-likeness (QED) is 0.810. The predicted octanol–water partition coefficient (Wildman–Crippen LogP) is 2.63. The predicted molar refractivity (Wildman–Crippen MR) is 84.8 cm³/mol. The molecule has 0 radical (unpaired) electrons. The molecule has 0 saturated carbocycles. The van der Waals surface area contributed by atoms with Gasteiger partial charge in [0.1, 0.15) is 5.75 Å². The lowest BCUT2D eigenvalue weighted by Gasteiger charge is -2.26. The summed E-state index contributed by atoms with van der Waals surface area (Å²) in [5, 5.41) is 0. The molecule has 0 amide bonds. The molecule has 1 aromatic rings. The molecule has 3 nitrogen and oxygen atoms in total. The number of rotatable bonds is 6. The lowest BCUT2D eigenvalue weighted by atomic mass is 10.1. The van der Waals surface area contributed by atoms with E-state index in [4.69, 9.17) is 10.5 Å². The van der Waals surface area contributed by atoms with Crippen LogP contribution in [0.3, 0.4) is 0 Å². The maximum atomic E-state index is 5.44. The molecular weight excluding hydrogens is 248 g/mol. The molecule has 0 heterocycles. The largest absolute Gasteiger partial charge is 0.495 e. The van der Waals surface area contributed by atoms with Crippen LogP contribution in [0.4, 0.5) is 0 Å². The highest BCUT2D eigenvalue weighted by molar-refractivity contribution is 5.48. The molecule has 2 N–H and O–H groups in total. The SMILES string of the molecule is CCCN(Cc1ccc(OC)c(C#CCN)c1)C(C)C. The van der Waals surface area contributed by atoms with Crippen LogP contribution in [0.5, 0.6) is 5.75 Å². The Morgan fingerprint density at radius 3 is 2.65 bits per heavy atom. The number of benzene rings is 1. The van der Waals surface area contributed by atoms with Crippen LogP contribution in [0, 0.1) is 11.8 Å². The highest BCUT2D eigenvalue weighted by Crippen LogP contribution is 2.20. The van der Waals surface area contributed by atoms with Crippen molar-refractivity contribution < 1.29 is 4.74 Å². The summed E-state index contributed by atoms with van der Waals surface area (Å²) in [6, 6.07) is 6.74. The first-order valence-electron chi connectivity index (χ1n) is 7.22. The molecule has 0 unspecified atom stereocenters. The number of ether oxygens (including phenoxy) is 1. The summed E-state index contributed by atoms with van der Waals surface area (Å²) >= 11 is 0. The Morgan fingerprint density at radius 1 is 1.35 bits per heavy atom. The van der Waals surface area contributed by atoms with Gasteiger partial charge < -0.3 is 10.5 Å². The number of hydrogen-bond acceptors (Lipinski definition) is 3. The molecule has 1 rings (SSSR count). The zero-order valence-corrected chi connectivity index (χ0v) is 13.1. The molecule has 0 saturated heterocycles. The van der Waals surface area contributed by atoms with Crippen molar-refractivity contribution in [2.75, 3.05) is 20.2 Å². The summed E-state index contributed by atoms with van der Waals surface area (Å²) in [4.78, 5) is 2.46. The monoisotopic (exact) mass is 274 g/mol. The first-order valence-corrected chi connectivity index (χ1v) is 7.22. The molecule has 0 fully saturated rings. The number of hydrogen-bond donors (Lipinski definition) is 1. The van der Waals surface area contributed by atoms with Gasteiger partial charge in [0.2, 0.25) is 0 Å². The molecule has 0 aliphatic heterocycles. The Hall–Kier alpha value is -1.50. The molecule has 0 aliphatic rings. The minimum Gasteiger partial charge on any atom is -0.495 e. The lowest BCUT2D eigenvalue weighted by Crippen LogP contribution is -2.31. The first kappa shape index (κ1) is 16.6. The van der Waals surface area contributed by atoms with Gasteiger partial charge in [0, 0.05) is 12.6 Å². The van der Waals surface area contributed by atoms with Gasteiger partial charge in [-0.3, -0.25) is 4.90 Å². The second-order valence-corrected chi connectivity index (χ2v) is 5.10. The van der Waals surface area contributed by atoms with Gasteiger partial charge in [-0.1, -0.05) is 24.8 Å². The van der Waals surface area contributed by atoms with E-state index in [1.165, 1.54) is 5.56 Å². The van der Waals surface area contributed by atoms with E-state index >= 15 is 0 Å². The van der Waals surface area contributed by atoms with E-state index in [1.54, 1.807) is 7.11 Å². The smallest absolute Gasteiger partial charge is 0.134 e. The van der Waals surface area contributed by atoms with Crippen molar-refractivity contribution in [3.05, 3.63) is 29.3 Å². The Balaban J connectivity index is 2.95. The van der Waals surface area contributed by atoms with Crippen LogP contribution >= 0.6 is 0 Å². The van der Waals surface area contributed by atoms with Crippen LogP contribution in [0.2, 0.25) is 0 Å². The van der Waals surface area contributed by atoms with Gasteiger partial charge >= 0.3 is 0 Å². The van der Waals surface area contributed by atoms with Gasteiger partial charge in [-0.15, -0.1) is 0 Å². The molecule has 0 atom stereocenters. The summed E-state index contributed by atoms with van der Waals surface area (Å²) in [6.45, 7) is 9.08. The van der Waals surface area contributed by atoms with E-state index in [-0.39, 0.29) is 0 Å². The van der Waals surface area contributed by atoms with Gasteiger partial charge in [0.15, 0.2) is 0 Å². The third-order valence-corrected chi connectivity index (χ3v) is 3.22. The van der Waals surface area contributed by atoms with Crippen LogP contribution < -0.4 is 10.5 Å². The Labute approximate surface area is 123 Å². The molecule has 0 bridgehead atoms.